The third kappa shape index (κ3) is 4.44. The average Bonchev–Trinajstić information content (AvgIpc) is 2.58. The van der Waals surface area contributed by atoms with E-state index in [0.29, 0.717) is 0 Å². The Labute approximate surface area is 135 Å². The molecule has 0 amide bonds. The highest BCUT2D eigenvalue weighted by molar-refractivity contribution is 5.22. The van der Waals surface area contributed by atoms with Gasteiger partial charge in [0.05, 0.1) is 0 Å². The molecule has 1 aromatic rings. The van der Waals surface area contributed by atoms with Crippen LogP contribution in [-0.4, -0.2) is 42.5 Å². The Hall–Kier alpha value is -1.12. The molecular weight excluding hydrogens is 268 g/mol. The molecule has 1 heterocycles. The van der Waals surface area contributed by atoms with Crippen LogP contribution in [0, 0.1) is 5.92 Å². The Bertz CT molecular complexity index is 469. The van der Waals surface area contributed by atoms with E-state index in [1.165, 1.54) is 63.1 Å². The van der Waals surface area contributed by atoms with E-state index >= 15 is 0 Å². The van der Waals surface area contributed by atoms with Gasteiger partial charge in [-0.2, -0.15) is 0 Å². The number of hydrogen-bond acceptors (Lipinski definition) is 2. The summed E-state index contributed by atoms with van der Waals surface area (Å²) in [6, 6.07) is 9.17. The van der Waals surface area contributed by atoms with Gasteiger partial charge in [-0.25, -0.2) is 0 Å². The maximum atomic E-state index is 2.68. The Balaban J connectivity index is 1.42. The van der Waals surface area contributed by atoms with Gasteiger partial charge < -0.3 is 4.90 Å². The van der Waals surface area contributed by atoms with E-state index in [0.717, 1.165) is 18.9 Å². The zero-order valence-corrected chi connectivity index (χ0v) is 14.0. The van der Waals surface area contributed by atoms with Crippen molar-refractivity contribution in [1.82, 2.24) is 9.80 Å². The molecule has 0 aromatic heterocycles. The molecule has 0 bridgehead atoms. The van der Waals surface area contributed by atoms with Crippen molar-refractivity contribution >= 4 is 0 Å². The Morgan fingerprint density at radius 1 is 0.909 bits per heavy atom. The molecule has 2 nitrogen and oxygen atoms in total. The standard InChI is InChI=1S/C20H30N2/c1-2-18-8-10-20(11-9-18)17-22-14-12-21(13-15-22)16-19-6-4-3-5-7-19/h3-4,8-11,19H,2,5-7,12-17H2,1H3/t19-/m0/s1. The summed E-state index contributed by atoms with van der Waals surface area (Å²) in [5.74, 6) is 0.901. The monoisotopic (exact) mass is 298 g/mol. The normalized spacial score (nSPS) is 23.8. The first-order valence-corrected chi connectivity index (χ1v) is 9.01. The molecule has 0 unspecified atom stereocenters. The summed E-state index contributed by atoms with van der Waals surface area (Å²) < 4.78 is 0. The molecule has 0 N–H and O–H groups in total. The fraction of sp³-hybridized carbons (Fsp3) is 0.600. The van der Waals surface area contributed by atoms with Crippen molar-refractivity contribution < 1.29 is 0 Å². The summed E-state index contributed by atoms with van der Waals surface area (Å²) in [5, 5.41) is 0. The number of nitrogens with zero attached hydrogens (tertiary/aromatic N) is 2. The molecule has 1 fully saturated rings. The topological polar surface area (TPSA) is 6.48 Å². The molecule has 1 saturated heterocycles. The number of aryl methyl sites for hydroxylation is 1. The molecule has 1 aromatic carbocycles. The minimum absolute atomic E-state index is 0.901. The molecule has 0 saturated carbocycles. The Morgan fingerprint density at radius 2 is 1.59 bits per heavy atom. The molecule has 2 aliphatic rings. The molecule has 1 aliphatic carbocycles. The largest absolute Gasteiger partial charge is 0.301 e. The maximum absolute atomic E-state index is 2.68. The molecule has 3 rings (SSSR count). The summed E-state index contributed by atoms with van der Waals surface area (Å²) in [5.41, 5.74) is 2.90. The first kappa shape index (κ1) is 15.8. The van der Waals surface area contributed by atoms with Gasteiger partial charge in [0.15, 0.2) is 0 Å². The molecule has 2 heteroatoms. The summed E-state index contributed by atoms with van der Waals surface area (Å²) >= 11 is 0. The number of piperazine rings is 1. The summed E-state index contributed by atoms with van der Waals surface area (Å²) in [4.78, 5) is 5.29. The lowest BCUT2D eigenvalue weighted by atomic mass is 9.94. The van der Waals surface area contributed by atoms with Gasteiger partial charge in [-0.15, -0.1) is 0 Å². The summed E-state index contributed by atoms with van der Waals surface area (Å²) in [6.45, 7) is 9.57. The smallest absolute Gasteiger partial charge is 0.0234 e. The second-order valence-electron chi connectivity index (χ2n) is 6.90. The highest BCUT2D eigenvalue weighted by Gasteiger charge is 2.20. The third-order valence-corrected chi connectivity index (χ3v) is 5.20. The van der Waals surface area contributed by atoms with Crippen LogP contribution in [0.5, 0.6) is 0 Å². The van der Waals surface area contributed by atoms with Crippen LogP contribution in [0.2, 0.25) is 0 Å². The Morgan fingerprint density at radius 3 is 2.23 bits per heavy atom. The lowest BCUT2D eigenvalue weighted by molar-refractivity contribution is 0.111. The van der Waals surface area contributed by atoms with E-state index in [1.807, 2.05) is 0 Å². The summed E-state index contributed by atoms with van der Waals surface area (Å²) in [7, 11) is 0. The molecule has 1 aliphatic heterocycles. The van der Waals surface area contributed by atoms with E-state index in [4.69, 9.17) is 0 Å². The number of benzene rings is 1. The van der Waals surface area contributed by atoms with Crippen molar-refractivity contribution in [3.8, 4) is 0 Å². The van der Waals surface area contributed by atoms with Crippen LogP contribution in [0.15, 0.2) is 36.4 Å². The van der Waals surface area contributed by atoms with Gasteiger partial charge in [-0.3, -0.25) is 4.90 Å². The second-order valence-corrected chi connectivity index (χ2v) is 6.90. The van der Waals surface area contributed by atoms with Crippen LogP contribution in [0.25, 0.3) is 0 Å². The van der Waals surface area contributed by atoms with Gasteiger partial charge in [-0.1, -0.05) is 43.3 Å². The lowest BCUT2D eigenvalue weighted by Gasteiger charge is -2.36. The van der Waals surface area contributed by atoms with E-state index in [2.05, 4.69) is 53.1 Å². The molecule has 0 spiro atoms. The van der Waals surface area contributed by atoms with Crippen LogP contribution in [0.1, 0.15) is 37.3 Å². The van der Waals surface area contributed by atoms with Crippen LogP contribution < -0.4 is 0 Å². The van der Waals surface area contributed by atoms with Gasteiger partial charge in [0.1, 0.15) is 0 Å². The Kier molecular flexibility index (Phi) is 5.69. The average molecular weight is 298 g/mol. The van der Waals surface area contributed by atoms with Gasteiger partial charge in [0.25, 0.3) is 0 Å². The molecule has 0 radical (unpaired) electrons. The van der Waals surface area contributed by atoms with Gasteiger partial charge >= 0.3 is 0 Å². The van der Waals surface area contributed by atoms with E-state index in [-0.39, 0.29) is 0 Å². The van der Waals surface area contributed by atoms with Gasteiger partial charge in [-0.05, 0) is 42.7 Å². The minimum Gasteiger partial charge on any atom is -0.301 e. The first-order chi connectivity index (χ1) is 10.8. The van der Waals surface area contributed by atoms with E-state index < -0.39 is 0 Å². The number of allylic oxidation sites excluding steroid dienone is 2. The number of hydrogen-bond donors (Lipinski definition) is 0. The minimum atomic E-state index is 0.901. The molecule has 120 valence electrons. The van der Waals surface area contributed by atoms with Crippen molar-refractivity contribution in [1.29, 1.82) is 0 Å². The van der Waals surface area contributed by atoms with Crippen LogP contribution in [0.3, 0.4) is 0 Å². The van der Waals surface area contributed by atoms with Crippen molar-refractivity contribution in [2.24, 2.45) is 5.92 Å². The zero-order valence-electron chi connectivity index (χ0n) is 14.0. The first-order valence-electron chi connectivity index (χ1n) is 9.01. The molecule has 22 heavy (non-hydrogen) atoms. The van der Waals surface area contributed by atoms with Crippen molar-refractivity contribution in [3.05, 3.63) is 47.5 Å². The van der Waals surface area contributed by atoms with E-state index in [9.17, 15) is 0 Å². The summed E-state index contributed by atoms with van der Waals surface area (Å²) in [6.07, 6.45) is 9.83. The highest BCUT2D eigenvalue weighted by atomic mass is 15.3. The fourth-order valence-electron chi connectivity index (χ4n) is 3.66. The van der Waals surface area contributed by atoms with Crippen molar-refractivity contribution in [2.45, 2.75) is 39.2 Å². The van der Waals surface area contributed by atoms with E-state index in [1.54, 1.807) is 0 Å². The fourth-order valence-corrected chi connectivity index (χ4v) is 3.66. The second kappa shape index (κ2) is 7.94. The van der Waals surface area contributed by atoms with Gasteiger partial charge in [0.2, 0.25) is 0 Å². The SMILES string of the molecule is CCc1ccc(CN2CCN(C[C@H]3CC=CCC3)CC2)cc1. The van der Waals surface area contributed by atoms with Crippen molar-refractivity contribution in [2.75, 3.05) is 32.7 Å². The van der Waals surface area contributed by atoms with Crippen LogP contribution in [-0.2, 0) is 13.0 Å². The zero-order chi connectivity index (χ0) is 15.2. The van der Waals surface area contributed by atoms with Crippen molar-refractivity contribution in [3.63, 3.8) is 0 Å². The van der Waals surface area contributed by atoms with Crippen LogP contribution in [0.4, 0.5) is 0 Å². The lowest BCUT2D eigenvalue weighted by Crippen LogP contribution is -2.47. The van der Waals surface area contributed by atoms with Gasteiger partial charge in [0, 0.05) is 39.3 Å². The predicted molar refractivity (Wildman–Crippen MR) is 94.0 cm³/mol. The predicted octanol–water partition coefficient (Wildman–Crippen LogP) is 3.72. The maximum Gasteiger partial charge on any atom is 0.0234 e. The molecular formula is C20H30N2. The number of rotatable bonds is 5. The highest BCUT2D eigenvalue weighted by Crippen LogP contribution is 2.20. The molecule has 1 atom stereocenters. The van der Waals surface area contributed by atoms with Crippen LogP contribution >= 0.6 is 0 Å². The quantitative estimate of drug-likeness (QED) is 0.764. The third-order valence-electron chi connectivity index (χ3n) is 5.20.